The standard InChI is InChI=1S/C20H23N3O2/c1-13-10-17(22-14(2)21-13)20(24)23-11-18(15-6-4-3-5-7-15)25-19(12-23)16-8-9-16/h3-7,10,16,18-19H,8-9,11-12H2,1-2H3/t18-,19+/m0/s1. The van der Waals surface area contributed by atoms with Crippen molar-refractivity contribution in [3.05, 3.63) is 59.2 Å². The van der Waals surface area contributed by atoms with Gasteiger partial charge >= 0.3 is 0 Å². The van der Waals surface area contributed by atoms with Gasteiger partial charge in [0.1, 0.15) is 17.6 Å². The number of morpholine rings is 1. The molecule has 0 N–H and O–H groups in total. The molecule has 0 spiro atoms. The molecule has 1 saturated carbocycles. The van der Waals surface area contributed by atoms with Crippen LogP contribution in [-0.2, 0) is 4.74 Å². The fourth-order valence-electron chi connectivity index (χ4n) is 3.52. The Morgan fingerprint density at radius 3 is 2.56 bits per heavy atom. The second kappa shape index (κ2) is 6.56. The van der Waals surface area contributed by atoms with Gasteiger partial charge in [-0.05, 0) is 44.2 Å². The van der Waals surface area contributed by atoms with Crippen molar-refractivity contribution in [3.8, 4) is 0 Å². The molecule has 2 fully saturated rings. The van der Waals surface area contributed by atoms with Crippen LogP contribution in [0.5, 0.6) is 0 Å². The van der Waals surface area contributed by atoms with E-state index in [4.69, 9.17) is 4.74 Å². The van der Waals surface area contributed by atoms with Crippen LogP contribution < -0.4 is 0 Å². The van der Waals surface area contributed by atoms with Gasteiger partial charge in [-0.25, -0.2) is 9.97 Å². The van der Waals surface area contributed by atoms with E-state index in [1.165, 1.54) is 12.8 Å². The number of carbonyl (C=O) groups is 1. The number of aryl methyl sites for hydroxylation is 2. The van der Waals surface area contributed by atoms with Gasteiger partial charge in [-0.15, -0.1) is 0 Å². The van der Waals surface area contributed by atoms with Gasteiger partial charge in [0, 0.05) is 12.2 Å². The summed E-state index contributed by atoms with van der Waals surface area (Å²) in [6.07, 6.45) is 2.43. The lowest BCUT2D eigenvalue weighted by molar-refractivity contribution is -0.0865. The number of hydrogen-bond acceptors (Lipinski definition) is 4. The molecule has 1 aliphatic heterocycles. The predicted octanol–water partition coefficient (Wildman–Crippen LogP) is 3.09. The summed E-state index contributed by atoms with van der Waals surface area (Å²) in [5.74, 6) is 1.19. The fourth-order valence-corrected chi connectivity index (χ4v) is 3.52. The minimum Gasteiger partial charge on any atom is -0.366 e. The third kappa shape index (κ3) is 3.56. The van der Waals surface area contributed by atoms with Gasteiger partial charge in [-0.1, -0.05) is 30.3 Å². The smallest absolute Gasteiger partial charge is 0.272 e. The summed E-state index contributed by atoms with van der Waals surface area (Å²) < 4.78 is 6.33. The molecule has 0 radical (unpaired) electrons. The van der Waals surface area contributed by atoms with Crippen molar-refractivity contribution in [1.82, 2.24) is 14.9 Å². The Balaban J connectivity index is 1.60. The number of amides is 1. The third-order valence-electron chi connectivity index (χ3n) is 4.92. The molecule has 2 heterocycles. The van der Waals surface area contributed by atoms with E-state index in [1.807, 2.05) is 36.9 Å². The first kappa shape index (κ1) is 16.2. The highest BCUT2D eigenvalue weighted by Crippen LogP contribution is 2.39. The van der Waals surface area contributed by atoms with Crippen molar-refractivity contribution in [1.29, 1.82) is 0 Å². The molecule has 1 aromatic heterocycles. The molecule has 1 aliphatic carbocycles. The highest BCUT2D eigenvalue weighted by Gasteiger charge is 2.40. The molecule has 1 saturated heterocycles. The largest absolute Gasteiger partial charge is 0.366 e. The average Bonchev–Trinajstić information content (AvgIpc) is 3.46. The first-order chi connectivity index (χ1) is 12.1. The van der Waals surface area contributed by atoms with E-state index < -0.39 is 0 Å². The van der Waals surface area contributed by atoms with E-state index >= 15 is 0 Å². The van der Waals surface area contributed by atoms with Crippen LogP contribution in [0.1, 0.15) is 46.5 Å². The van der Waals surface area contributed by atoms with Crippen molar-refractivity contribution >= 4 is 5.91 Å². The highest BCUT2D eigenvalue weighted by molar-refractivity contribution is 5.92. The Kier molecular flexibility index (Phi) is 4.25. The van der Waals surface area contributed by atoms with Gasteiger partial charge in [0.15, 0.2) is 0 Å². The van der Waals surface area contributed by atoms with Crippen LogP contribution in [0.3, 0.4) is 0 Å². The van der Waals surface area contributed by atoms with Gasteiger partial charge in [0.05, 0.1) is 12.6 Å². The molecule has 0 unspecified atom stereocenters. The second-order valence-electron chi connectivity index (χ2n) is 7.06. The molecule has 2 aromatic rings. The summed E-state index contributed by atoms with van der Waals surface area (Å²) in [4.78, 5) is 23.6. The van der Waals surface area contributed by atoms with E-state index in [9.17, 15) is 4.79 Å². The minimum absolute atomic E-state index is 0.0246. The Morgan fingerprint density at radius 2 is 1.88 bits per heavy atom. The van der Waals surface area contributed by atoms with Crippen molar-refractivity contribution in [2.24, 2.45) is 5.92 Å². The van der Waals surface area contributed by atoms with Crippen LogP contribution in [0, 0.1) is 19.8 Å². The Bertz CT molecular complexity index is 754. The van der Waals surface area contributed by atoms with Crippen molar-refractivity contribution in [2.75, 3.05) is 13.1 Å². The average molecular weight is 337 g/mol. The van der Waals surface area contributed by atoms with Crippen LogP contribution >= 0.6 is 0 Å². The summed E-state index contributed by atoms with van der Waals surface area (Å²) in [6.45, 7) is 4.93. The van der Waals surface area contributed by atoms with E-state index in [1.54, 1.807) is 6.07 Å². The van der Waals surface area contributed by atoms with Gasteiger partial charge in [0.25, 0.3) is 5.91 Å². The maximum absolute atomic E-state index is 13.0. The lowest BCUT2D eigenvalue weighted by Crippen LogP contribution is -2.48. The SMILES string of the molecule is Cc1cc(C(=O)N2C[C@@H](c3ccccc3)O[C@@H](C3CC3)C2)nc(C)n1. The number of nitrogens with zero attached hydrogens (tertiary/aromatic N) is 3. The molecule has 2 atom stereocenters. The number of carbonyl (C=O) groups excluding carboxylic acids is 1. The van der Waals surface area contributed by atoms with Crippen LogP contribution in [0.15, 0.2) is 36.4 Å². The molecule has 0 bridgehead atoms. The van der Waals surface area contributed by atoms with Gasteiger partial charge in [0.2, 0.25) is 0 Å². The first-order valence-electron chi connectivity index (χ1n) is 8.92. The van der Waals surface area contributed by atoms with E-state index in [0.29, 0.717) is 30.5 Å². The summed E-state index contributed by atoms with van der Waals surface area (Å²) >= 11 is 0. The maximum atomic E-state index is 13.0. The maximum Gasteiger partial charge on any atom is 0.272 e. The van der Waals surface area contributed by atoms with Crippen LogP contribution in [0.4, 0.5) is 0 Å². The topological polar surface area (TPSA) is 55.3 Å². The molecule has 5 nitrogen and oxygen atoms in total. The summed E-state index contributed by atoms with van der Waals surface area (Å²) in [5, 5.41) is 0. The molecule has 5 heteroatoms. The summed E-state index contributed by atoms with van der Waals surface area (Å²) in [7, 11) is 0. The molecule has 25 heavy (non-hydrogen) atoms. The monoisotopic (exact) mass is 337 g/mol. The highest BCUT2D eigenvalue weighted by atomic mass is 16.5. The van der Waals surface area contributed by atoms with Crippen LogP contribution in [0.25, 0.3) is 0 Å². The van der Waals surface area contributed by atoms with Crippen molar-refractivity contribution in [2.45, 2.75) is 38.9 Å². The summed E-state index contributed by atoms with van der Waals surface area (Å²) in [6, 6.07) is 11.9. The molecule has 4 rings (SSSR count). The Morgan fingerprint density at radius 1 is 1.12 bits per heavy atom. The van der Waals surface area contributed by atoms with Gasteiger partial charge < -0.3 is 9.64 Å². The number of benzene rings is 1. The zero-order chi connectivity index (χ0) is 17.4. The third-order valence-corrected chi connectivity index (χ3v) is 4.92. The van der Waals surface area contributed by atoms with Crippen molar-refractivity contribution < 1.29 is 9.53 Å². The Hall–Kier alpha value is -2.27. The second-order valence-corrected chi connectivity index (χ2v) is 7.06. The van der Waals surface area contributed by atoms with Crippen LogP contribution in [-0.4, -0.2) is 40.0 Å². The van der Waals surface area contributed by atoms with Crippen molar-refractivity contribution in [3.63, 3.8) is 0 Å². The van der Waals surface area contributed by atoms with Gasteiger partial charge in [-0.2, -0.15) is 0 Å². The van der Waals surface area contributed by atoms with E-state index in [0.717, 1.165) is 11.3 Å². The lowest BCUT2D eigenvalue weighted by atomic mass is 10.0. The number of aromatic nitrogens is 2. The molecule has 1 amide bonds. The number of hydrogen-bond donors (Lipinski definition) is 0. The normalized spacial score (nSPS) is 23.5. The minimum atomic E-state index is -0.0754. The molecule has 1 aromatic carbocycles. The molecular formula is C20H23N3O2. The zero-order valence-corrected chi connectivity index (χ0v) is 14.7. The Labute approximate surface area is 148 Å². The molecular weight excluding hydrogens is 314 g/mol. The molecule has 130 valence electrons. The van der Waals surface area contributed by atoms with E-state index in [-0.39, 0.29) is 18.1 Å². The predicted molar refractivity (Wildman–Crippen MR) is 94.2 cm³/mol. The fraction of sp³-hybridized carbons (Fsp3) is 0.450. The summed E-state index contributed by atoms with van der Waals surface area (Å²) in [5.41, 5.74) is 2.43. The number of rotatable bonds is 3. The zero-order valence-electron chi connectivity index (χ0n) is 14.7. The van der Waals surface area contributed by atoms with Crippen LogP contribution in [0.2, 0.25) is 0 Å². The quantitative estimate of drug-likeness (QED) is 0.864. The molecule has 2 aliphatic rings. The first-order valence-corrected chi connectivity index (χ1v) is 8.92. The van der Waals surface area contributed by atoms with E-state index in [2.05, 4.69) is 22.1 Å². The van der Waals surface area contributed by atoms with Gasteiger partial charge in [-0.3, -0.25) is 4.79 Å². The number of ether oxygens (including phenoxy) is 1. The lowest BCUT2D eigenvalue weighted by Gasteiger charge is -2.38.